The molecule has 0 aliphatic rings. The summed E-state index contributed by atoms with van der Waals surface area (Å²) in [6, 6.07) is 4.85. The van der Waals surface area contributed by atoms with Gasteiger partial charge < -0.3 is 10.1 Å². The molecule has 0 aliphatic carbocycles. The number of methoxy groups -OCH3 is 1. The minimum atomic E-state index is -3.53. The summed E-state index contributed by atoms with van der Waals surface area (Å²) in [6.45, 7) is 2.15. The fourth-order valence-electron chi connectivity index (χ4n) is 2.02. The van der Waals surface area contributed by atoms with Crippen LogP contribution < -0.4 is 5.32 Å². The van der Waals surface area contributed by atoms with Crippen LogP contribution in [0.5, 0.6) is 0 Å². The molecule has 1 atom stereocenters. The van der Waals surface area contributed by atoms with Crippen LogP contribution in [-0.4, -0.2) is 49.7 Å². The summed E-state index contributed by atoms with van der Waals surface area (Å²) in [6.07, 6.45) is 2.62. The number of hydrogen-bond donors (Lipinski definition) is 1. The van der Waals surface area contributed by atoms with Gasteiger partial charge in [-0.05, 0) is 19.1 Å². The minimum absolute atomic E-state index is 0.0824. The minimum Gasteiger partial charge on any atom is -0.383 e. The van der Waals surface area contributed by atoms with E-state index in [1.165, 1.54) is 11.5 Å². The van der Waals surface area contributed by atoms with Crippen LogP contribution in [0.15, 0.2) is 29.6 Å². The summed E-state index contributed by atoms with van der Waals surface area (Å²) in [7, 11) is -2.00. The highest BCUT2D eigenvalue weighted by Gasteiger charge is 2.23. The van der Waals surface area contributed by atoms with Crippen molar-refractivity contribution in [3.8, 4) is 0 Å². The molecule has 0 radical (unpaired) electrons. The van der Waals surface area contributed by atoms with Gasteiger partial charge >= 0.3 is 0 Å². The number of nitrogens with one attached hydrogen (secondary N) is 1. The Kier molecular flexibility index (Phi) is 4.29. The highest BCUT2D eigenvalue weighted by Crippen LogP contribution is 2.16. The van der Waals surface area contributed by atoms with Crippen molar-refractivity contribution in [3.05, 3.63) is 30.1 Å². The van der Waals surface area contributed by atoms with Crippen molar-refractivity contribution in [2.24, 2.45) is 0 Å². The Bertz CT molecular complexity index is 767. The Balaban J connectivity index is 2.48. The lowest BCUT2D eigenvalue weighted by molar-refractivity contribution is 0.0902. The normalized spacial score (nSPS) is 13.3. The van der Waals surface area contributed by atoms with Gasteiger partial charge in [0.2, 0.25) is 15.0 Å². The monoisotopic (exact) mass is 311 g/mol. The van der Waals surface area contributed by atoms with Crippen molar-refractivity contribution in [3.63, 3.8) is 0 Å². The van der Waals surface area contributed by atoms with E-state index in [2.05, 4.69) is 10.3 Å². The number of sulfone groups is 1. The Morgan fingerprint density at radius 3 is 2.81 bits per heavy atom. The zero-order chi connectivity index (χ0) is 15.6. The van der Waals surface area contributed by atoms with Crippen LogP contribution in [0.1, 0.15) is 17.4 Å². The Labute approximate surface area is 122 Å². The van der Waals surface area contributed by atoms with Crippen LogP contribution in [0.2, 0.25) is 0 Å². The number of nitrogens with zero attached hydrogens (tertiary/aromatic N) is 2. The molecule has 8 heteroatoms. The molecule has 2 rings (SSSR count). The quantitative estimate of drug-likeness (QED) is 0.868. The molecule has 114 valence electrons. The molecule has 1 amide bonds. The zero-order valence-corrected chi connectivity index (χ0v) is 12.8. The van der Waals surface area contributed by atoms with E-state index >= 15 is 0 Å². The fraction of sp³-hybridized carbons (Fsp3) is 0.385. The third-order valence-corrected chi connectivity index (χ3v) is 3.81. The molecule has 21 heavy (non-hydrogen) atoms. The summed E-state index contributed by atoms with van der Waals surface area (Å²) >= 11 is 0. The van der Waals surface area contributed by atoms with Gasteiger partial charge in [-0.15, -0.1) is 0 Å². The lowest BCUT2D eigenvalue weighted by Crippen LogP contribution is -2.35. The molecule has 2 heterocycles. The molecule has 2 aromatic rings. The highest BCUT2D eigenvalue weighted by molar-refractivity contribution is 7.90. The summed E-state index contributed by atoms with van der Waals surface area (Å²) in [5, 5.41) is 2.57. The van der Waals surface area contributed by atoms with Gasteiger partial charge in [0.15, 0.2) is 5.69 Å². The summed E-state index contributed by atoms with van der Waals surface area (Å²) < 4.78 is 29.9. The molecule has 0 spiro atoms. The van der Waals surface area contributed by atoms with E-state index in [1.54, 1.807) is 31.3 Å². The third kappa shape index (κ3) is 3.22. The number of aromatic nitrogens is 2. The molecule has 0 saturated heterocycles. The second-order valence-electron chi connectivity index (χ2n) is 4.80. The smallest absolute Gasteiger partial charge is 0.272 e. The van der Waals surface area contributed by atoms with Crippen LogP contribution >= 0.6 is 0 Å². The maximum absolute atomic E-state index is 12.2. The molecular weight excluding hydrogens is 294 g/mol. The molecule has 1 N–H and O–H groups in total. The third-order valence-electron chi connectivity index (χ3n) is 2.86. The van der Waals surface area contributed by atoms with Gasteiger partial charge in [-0.1, -0.05) is 6.07 Å². The van der Waals surface area contributed by atoms with Crippen molar-refractivity contribution >= 4 is 21.3 Å². The van der Waals surface area contributed by atoms with Crippen molar-refractivity contribution in [2.75, 3.05) is 20.0 Å². The van der Waals surface area contributed by atoms with Gasteiger partial charge in [-0.2, -0.15) is 0 Å². The van der Waals surface area contributed by atoms with Gasteiger partial charge in [-0.25, -0.2) is 13.4 Å². The van der Waals surface area contributed by atoms with Crippen LogP contribution in [-0.2, 0) is 14.6 Å². The Morgan fingerprint density at radius 1 is 1.48 bits per heavy atom. The number of pyridine rings is 1. The first-order valence-electron chi connectivity index (χ1n) is 6.31. The van der Waals surface area contributed by atoms with Gasteiger partial charge in [0.1, 0.15) is 0 Å². The van der Waals surface area contributed by atoms with Gasteiger partial charge in [-0.3, -0.25) is 9.20 Å². The van der Waals surface area contributed by atoms with Crippen molar-refractivity contribution < 1.29 is 17.9 Å². The molecule has 0 fully saturated rings. The van der Waals surface area contributed by atoms with Gasteiger partial charge in [0, 0.05) is 25.6 Å². The van der Waals surface area contributed by atoms with Crippen LogP contribution in [0.25, 0.3) is 5.52 Å². The average Bonchev–Trinajstić information content (AvgIpc) is 2.78. The van der Waals surface area contributed by atoms with E-state index in [0.29, 0.717) is 12.1 Å². The molecule has 0 aromatic carbocycles. The molecule has 0 bridgehead atoms. The largest absolute Gasteiger partial charge is 0.383 e. The lowest BCUT2D eigenvalue weighted by Gasteiger charge is -2.11. The van der Waals surface area contributed by atoms with E-state index in [0.717, 1.165) is 6.26 Å². The predicted molar refractivity (Wildman–Crippen MR) is 77.1 cm³/mol. The second kappa shape index (κ2) is 5.82. The number of carbonyl (C=O) groups is 1. The van der Waals surface area contributed by atoms with Gasteiger partial charge in [0.25, 0.3) is 5.91 Å². The number of ether oxygens (including phenoxy) is 1. The highest BCUT2D eigenvalue weighted by atomic mass is 32.2. The number of amides is 1. The predicted octanol–water partition coefficient (Wildman–Crippen LogP) is 0.503. The van der Waals surface area contributed by atoms with Crippen molar-refractivity contribution in [2.45, 2.75) is 18.1 Å². The second-order valence-corrected chi connectivity index (χ2v) is 6.71. The number of carbonyl (C=O) groups excluding carboxylic acids is 1. The lowest BCUT2D eigenvalue weighted by atomic mass is 10.3. The first-order valence-corrected chi connectivity index (χ1v) is 8.20. The molecule has 2 aromatic heterocycles. The number of hydrogen-bond acceptors (Lipinski definition) is 5. The summed E-state index contributed by atoms with van der Waals surface area (Å²) in [5.74, 6) is -0.432. The molecule has 7 nitrogen and oxygen atoms in total. The first-order chi connectivity index (χ1) is 9.84. The number of rotatable bonds is 5. The summed E-state index contributed by atoms with van der Waals surface area (Å²) in [5.41, 5.74) is 0.527. The van der Waals surface area contributed by atoms with Gasteiger partial charge in [0.05, 0.1) is 12.1 Å². The van der Waals surface area contributed by atoms with E-state index in [-0.39, 0.29) is 16.9 Å². The summed E-state index contributed by atoms with van der Waals surface area (Å²) in [4.78, 5) is 16.2. The number of imidazole rings is 1. The SMILES string of the molecule is COCC(C)NC(=O)c1nc(S(C)(=O)=O)n2ccccc12. The van der Waals surface area contributed by atoms with E-state index in [9.17, 15) is 13.2 Å². The fourth-order valence-corrected chi connectivity index (χ4v) is 2.80. The van der Waals surface area contributed by atoms with Crippen LogP contribution in [0.4, 0.5) is 0 Å². The number of fused-ring (bicyclic) bond motifs is 1. The van der Waals surface area contributed by atoms with Crippen LogP contribution in [0.3, 0.4) is 0 Å². The van der Waals surface area contributed by atoms with E-state index < -0.39 is 15.7 Å². The van der Waals surface area contributed by atoms with Crippen molar-refractivity contribution in [1.29, 1.82) is 0 Å². The average molecular weight is 311 g/mol. The Morgan fingerprint density at radius 2 is 2.19 bits per heavy atom. The maximum Gasteiger partial charge on any atom is 0.272 e. The molecule has 1 unspecified atom stereocenters. The van der Waals surface area contributed by atoms with E-state index in [1.807, 2.05) is 0 Å². The molecule has 0 saturated carbocycles. The molecular formula is C13H17N3O4S. The first kappa shape index (κ1) is 15.5. The maximum atomic E-state index is 12.2. The topological polar surface area (TPSA) is 89.8 Å². The molecule has 0 aliphatic heterocycles. The standard InChI is InChI=1S/C13H17N3O4S/c1-9(8-20-2)14-12(17)11-10-6-4-5-7-16(10)13(15-11)21(3,18)19/h4-7,9H,8H2,1-3H3,(H,14,17). The van der Waals surface area contributed by atoms with E-state index in [4.69, 9.17) is 4.74 Å². The van der Waals surface area contributed by atoms with Crippen molar-refractivity contribution in [1.82, 2.24) is 14.7 Å². The Hall–Kier alpha value is -1.93. The zero-order valence-electron chi connectivity index (χ0n) is 12.0. The van der Waals surface area contributed by atoms with Crippen LogP contribution in [0, 0.1) is 0 Å².